The molecule has 17 nitrogen and oxygen atoms in total. The molecular formula is C51H53F2N6O11PS. The zero-order valence-electron chi connectivity index (χ0n) is 39.9. The molecule has 2 saturated heterocycles. The molecule has 5 heterocycles. The van der Waals surface area contributed by atoms with Crippen LogP contribution in [-0.4, -0.2) is 111 Å². The van der Waals surface area contributed by atoms with Crippen LogP contribution in [-0.2, 0) is 40.7 Å². The number of piperidine rings is 1. The van der Waals surface area contributed by atoms with Gasteiger partial charge in [0.05, 0.1) is 11.1 Å². The van der Waals surface area contributed by atoms with E-state index in [0.29, 0.717) is 64.9 Å². The van der Waals surface area contributed by atoms with Crippen molar-refractivity contribution in [1.29, 1.82) is 0 Å². The highest BCUT2D eigenvalue weighted by atomic mass is 32.1. The van der Waals surface area contributed by atoms with Gasteiger partial charge >= 0.3 is 13.3 Å². The van der Waals surface area contributed by atoms with E-state index in [1.54, 1.807) is 69.1 Å². The van der Waals surface area contributed by atoms with E-state index in [1.165, 1.54) is 33.1 Å². The number of imide groups is 1. The van der Waals surface area contributed by atoms with Gasteiger partial charge in [0.15, 0.2) is 0 Å². The summed E-state index contributed by atoms with van der Waals surface area (Å²) in [5, 5.41) is 5.99. The van der Waals surface area contributed by atoms with Crippen molar-refractivity contribution >= 4 is 87.0 Å². The number of amides is 7. The van der Waals surface area contributed by atoms with E-state index >= 15 is 0 Å². The molecule has 4 N–H and O–H groups in total. The first kappa shape index (κ1) is 51.6. The second-order valence-corrected chi connectivity index (χ2v) is 22.0. The van der Waals surface area contributed by atoms with Crippen LogP contribution in [0.3, 0.4) is 0 Å². The molecule has 3 aromatic carbocycles. The minimum Gasteiger partial charge on any atom is -0.464 e. The molecule has 2 aromatic heterocycles. The van der Waals surface area contributed by atoms with E-state index in [1.807, 2.05) is 6.07 Å². The van der Waals surface area contributed by atoms with E-state index < -0.39 is 66.0 Å². The highest BCUT2D eigenvalue weighted by Gasteiger charge is 2.50. The maximum atomic E-state index is 14.8. The van der Waals surface area contributed by atoms with Crippen molar-refractivity contribution in [1.82, 2.24) is 25.3 Å². The second-order valence-electron chi connectivity index (χ2n) is 19.2. The summed E-state index contributed by atoms with van der Waals surface area (Å²) in [6.45, 7) is 6.00. The summed E-state index contributed by atoms with van der Waals surface area (Å²) in [4.78, 5) is 119. The van der Waals surface area contributed by atoms with Crippen molar-refractivity contribution in [2.24, 2.45) is 5.41 Å². The Morgan fingerprint density at radius 1 is 1.00 bits per heavy atom. The highest BCUT2D eigenvalue weighted by Crippen LogP contribution is 2.59. The molecule has 5 aromatic rings. The quantitative estimate of drug-likeness (QED) is 0.0407. The van der Waals surface area contributed by atoms with E-state index in [9.17, 15) is 56.7 Å². The fourth-order valence-corrected chi connectivity index (χ4v) is 10.7. The molecule has 2 fully saturated rings. The van der Waals surface area contributed by atoms with Gasteiger partial charge in [-0.25, -0.2) is 0 Å². The van der Waals surface area contributed by atoms with Crippen LogP contribution in [0.1, 0.15) is 102 Å². The number of hydrogen-bond donors (Lipinski definition) is 4. The Kier molecular flexibility index (Phi) is 14.6. The van der Waals surface area contributed by atoms with Gasteiger partial charge in [0.25, 0.3) is 11.8 Å². The molecule has 3 unspecified atom stereocenters. The van der Waals surface area contributed by atoms with Gasteiger partial charge in [0, 0.05) is 85.0 Å². The number of benzene rings is 3. The van der Waals surface area contributed by atoms with Gasteiger partial charge in [-0.2, -0.15) is 8.78 Å². The van der Waals surface area contributed by atoms with Crippen molar-refractivity contribution in [2.45, 2.75) is 96.1 Å². The predicted octanol–water partition coefficient (Wildman–Crippen LogP) is 6.48. The molecule has 0 spiro atoms. The zero-order valence-corrected chi connectivity index (χ0v) is 41.6. The molecule has 21 heteroatoms. The van der Waals surface area contributed by atoms with Gasteiger partial charge in [0.1, 0.15) is 23.7 Å². The van der Waals surface area contributed by atoms with Gasteiger partial charge in [-0.1, -0.05) is 44.7 Å². The number of carbonyl (C=O) groups excluding carboxylic acids is 7. The molecule has 72 heavy (non-hydrogen) atoms. The normalized spacial score (nSPS) is 17.6. The van der Waals surface area contributed by atoms with Crippen molar-refractivity contribution in [2.75, 3.05) is 31.6 Å². The smallest absolute Gasteiger partial charge is 0.399 e. The number of thiophene rings is 1. The minimum atomic E-state index is -5.84. The summed E-state index contributed by atoms with van der Waals surface area (Å²) >= 11 is 0.952. The number of hydrogen-bond acceptors (Lipinski definition) is 10. The van der Waals surface area contributed by atoms with Crippen LogP contribution in [0, 0.1) is 17.3 Å². The summed E-state index contributed by atoms with van der Waals surface area (Å²) in [6.07, 6.45) is 3.62. The maximum Gasteiger partial charge on any atom is 0.399 e. The molecule has 378 valence electrons. The van der Waals surface area contributed by atoms with E-state index in [2.05, 4.69) is 22.5 Å². The molecule has 3 aliphatic rings. The first-order chi connectivity index (χ1) is 34.0. The minimum absolute atomic E-state index is 0.0233. The molecule has 7 amide bonds. The van der Waals surface area contributed by atoms with Gasteiger partial charge in [-0.15, -0.1) is 11.3 Å². The summed E-state index contributed by atoms with van der Waals surface area (Å²) in [5.74, 6) is 3.30. The van der Waals surface area contributed by atoms with Crippen molar-refractivity contribution < 1.29 is 61.1 Å². The van der Waals surface area contributed by atoms with Crippen LogP contribution in [0.25, 0.3) is 21.1 Å². The van der Waals surface area contributed by atoms with E-state index in [4.69, 9.17) is 4.42 Å². The van der Waals surface area contributed by atoms with Crippen molar-refractivity contribution in [3.63, 3.8) is 0 Å². The number of carbonyl (C=O) groups is 7. The first-order valence-corrected chi connectivity index (χ1v) is 25.8. The number of rotatable bonds is 14. The Morgan fingerprint density at radius 2 is 1.78 bits per heavy atom. The molecule has 0 bridgehead atoms. The fourth-order valence-electron chi connectivity index (χ4n) is 9.27. The molecular weight excluding hydrogens is 974 g/mol. The van der Waals surface area contributed by atoms with Gasteiger partial charge in [-0.05, 0) is 96.6 Å². The van der Waals surface area contributed by atoms with Crippen molar-refractivity contribution in [3.05, 3.63) is 100 Å². The highest BCUT2D eigenvalue weighted by molar-refractivity contribution is 7.52. The summed E-state index contributed by atoms with van der Waals surface area (Å²) < 4.78 is 46.5. The molecule has 0 saturated carbocycles. The number of nitrogens with one attached hydrogen (secondary N) is 2. The number of fused-ring (bicyclic) bond motifs is 3. The Bertz CT molecular complexity index is 3130. The summed E-state index contributed by atoms with van der Waals surface area (Å²) in [7, 11) is -4.18. The van der Waals surface area contributed by atoms with Crippen LogP contribution < -0.4 is 15.5 Å². The third-order valence-electron chi connectivity index (χ3n) is 13.3. The number of unbranched alkanes of at least 4 members (excludes halogenated alkanes) is 1. The average Bonchev–Trinajstić information content (AvgIpc) is 4.16. The lowest BCUT2D eigenvalue weighted by Crippen LogP contribution is -2.58. The Hall–Kier alpha value is -6.78. The van der Waals surface area contributed by atoms with Crippen LogP contribution in [0.15, 0.2) is 77.4 Å². The van der Waals surface area contributed by atoms with Crippen LogP contribution in [0.4, 0.5) is 14.5 Å². The number of furan rings is 1. The summed E-state index contributed by atoms with van der Waals surface area (Å²) in [6, 6.07) is 13.7. The lowest BCUT2D eigenvalue weighted by molar-refractivity contribution is -0.141. The van der Waals surface area contributed by atoms with Crippen LogP contribution in [0.2, 0.25) is 0 Å². The monoisotopic (exact) mass is 1030 g/mol. The first-order valence-electron chi connectivity index (χ1n) is 23.4. The predicted molar refractivity (Wildman–Crippen MR) is 263 cm³/mol. The topological polar surface area (TPSA) is 227 Å². The lowest BCUT2D eigenvalue weighted by Gasteiger charge is -2.36. The molecule has 0 aliphatic carbocycles. The fraction of sp³-hybridized carbons (Fsp3) is 0.392. The Morgan fingerprint density at radius 3 is 2.51 bits per heavy atom. The average molecular weight is 1030 g/mol. The summed E-state index contributed by atoms with van der Waals surface area (Å²) in [5.41, 5.74) is -3.33. The molecule has 3 aliphatic heterocycles. The second kappa shape index (κ2) is 20.4. The van der Waals surface area contributed by atoms with E-state index in [-0.39, 0.29) is 66.9 Å². The standard InChI is InChI=1S/C51H53F2N6O11PS/c1-50(2,3)44(55-46(63)41-28-32-26-33(14-18-40(32)72-41)51(52,53)71(67,68)69)49(66)58-23-9-13-38(58)48(65)57(34-15-17-39-31(27-34)21-25-70-39)24-20-43(61)56(4)22-7-5-6-10-30-11-8-12-35-36(30)29-59(47(35)64)37-16-19-42(60)54-45(37)62/h8,11-12,14-15,17-18,21,25-28,37-38,44H,5,7,9,13,16,19-20,22-24,29H2,1-4H3,(H,55,63)(H,54,60,62)(H2,67,68,69). The third-order valence-corrected chi connectivity index (χ3v) is 15.4. The Balaban J connectivity index is 0.919. The number of anilines is 1. The van der Waals surface area contributed by atoms with Crippen molar-refractivity contribution in [3.8, 4) is 11.8 Å². The SMILES string of the molecule is CN(CCCC#Cc1cccc2c1CN(C1CCC(=O)NC1=O)C2=O)C(=O)CCN(C(=O)C1CCCN1C(=O)C(NC(=O)c1cc2cc(C(F)(F)P(=O)(O)O)ccc2s1)C(C)(C)C)c1ccc2occc2c1. The molecule has 3 atom stereocenters. The number of alkyl halides is 2. The van der Waals surface area contributed by atoms with Gasteiger partial charge < -0.3 is 39.1 Å². The maximum absolute atomic E-state index is 14.8. The van der Waals surface area contributed by atoms with Crippen LogP contribution in [0.5, 0.6) is 0 Å². The number of nitrogens with zero attached hydrogens (tertiary/aromatic N) is 4. The number of halogens is 2. The van der Waals surface area contributed by atoms with Gasteiger partial charge in [0.2, 0.25) is 29.5 Å². The third kappa shape index (κ3) is 10.6. The van der Waals surface area contributed by atoms with E-state index in [0.717, 1.165) is 28.9 Å². The molecule has 0 radical (unpaired) electrons. The van der Waals surface area contributed by atoms with Crippen LogP contribution >= 0.6 is 18.9 Å². The lowest BCUT2D eigenvalue weighted by atomic mass is 9.85. The number of likely N-dealkylation sites (tertiary alicyclic amines) is 1. The largest absolute Gasteiger partial charge is 0.464 e. The Labute approximate surface area is 417 Å². The van der Waals surface area contributed by atoms with Gasteiger partial charge in [-0.3, -0.25) is 43.4 Å². The zero-order chi connectivity index (χ0) is 51.9. The molecule has 8 rings (SSSR count).